The van der Waals surface area contributed by atoms with E-state index in [1.807, 2.05) is 6.92 Å². The van der Waals surface area contributed by atoms with Gasteiger partial charge < -0.3 is 25.7 Å². The molecule has 0 atom stereocenters. The Morgan fingerprint density at radius 3 is 2.65 bits per heavy atom. The minimum atomic E-state index is -0.534. The molecule has 3 amide bonds. The Balaban J connectivity index is 1.50. The zero-order valence-corrected chi connectivity index (χ0v) is 21.1. The number of thioether (sulfide) groups is 1. The highest BCUT2D eigenvalue weighted by atomic mass is 32.2. The number of H-pyrrole nitrogens is 1. The highest BCUT2D eigenvalue weighted by molar-refractivity contribution is 7.99. The van der Waals surface area contributed by atoms with Gasteiger partial charge in [0.05, 0.1) is 24.2 Å². The molecule has 0 unspecified atom stereocenters. The molecule has 4 N–H and O–H groups in total. The van der Waals surface area contributed by atoms with Gasteiger partial charge >= 0.3 is 11.7 Å². The molecule has 3 aromatic rings. The minimum Gasteiger partial charge on any atom is -0.481 e. The van der Waals surface area contributed by atoms with Crippen LogP contribution in [0.25, 0.3) is 6.08 Å². The van der Waals surface area contributed by atoms with Crippen LogP contribution in [-0.4, -0.2) is 45.9 Å². The van der Waals surface area contributed by atoms with Gasteiger partial charge in [-0.05, 0) is 42.3 Å². The summed E-state index contributed by atoms with van der Waals surface area (Å²) in [6.45, 7) is 2.63. The number of anilines is 1. The van der Waals surface area contributed by atoms with Gasteiger partial charge in [0.2, 0.25) is 11.8 Å². The van der Waals surface area contributed by atoms with Crippen molar-refractivity contribution < 1.29 is 14.3 Å². The summed E-state index contributed by atoms with van der Waals surface area (Å²) in [7, 11) is 1.52. The van der Waals surface area contributed by atoms with Crippen molar-refractivity contribution in [2.24, 2.45) is 0 Å². The molecule has 37 heavy (non-hydrogen) atoms. The predicted octanol–water partition coefficient (Wildman–Crippen LogP) is 1.94. The molecular formula is C25H26N6O5S. The predicted molar refractivity (Wildman–Crippen MR) is 141 cm³/mol. The second kappa shape index (κ2) is 11.6. The number of pyridine rings is 1. The highest BCUT2D eigenvalue weighted by Gasteiger charge is 2.22. The van der Waals surface area contributed by atoms with Crippen LogP contribution in [0.1, 0.15) is 23.6 Å². The highest BCUT2D eigenvalue weighted by Crippen LogP contribution is 2.27. The van der Waals surface area contributed by atoms with Crippen molar-refractivity contribution >= 4 is 35.5 Å². The summed E-state index contributed by atoms with van der Waals surface area (Å²) in [5.41, 5.74) is 1.78. The second-order valence-electron chi connectivity index (χ2n) is 8.09. The van der Waals surface area contributed by atoms with Crippen LogP contribution in [0.3, 0.4) is 0 Å². The van der Waals surface area contributed by atoms with Crippen molar-refractivity contribution in [1.82, 2.24) is 25.2 Å². The molecule has 12 heteroatoms. The van der Waals surface area contributed by atoms with Crippen molar-refractivity contribution in [2.45, 2.75) is 25.0 Å². The van der Waals surface area contributed by atoms with E-state index in [4.69, 9.17) is 4.74 Å². The average molecular weight is 523 g/mol. The van der Waals surface area contributed by atoms with Gasteiger partial charge in [0.25, 0.3) is 5.56 Å². The number of fused-ring (bicyclic) bond motifs is 1. The Morgan fingerprint density at radius 2 is 1.92 bits per heavy atom. The van der Waals surface area contributed by atoms with Crippen LogP contribution >= 0.6 is 11.8 Å². The van der Waals surface area contributed by atoms with E-state index in [-0.39, 0.29) is 30.6 Å². The van der Waals surface area contributed by atoms with E-state index in [1.54, 1.807) is 42.6 Å². The third-order valence-electron chi connectivity index (χ3n) is 5.52. The van der Waals surface area contributed by atoms with Gasteiger partial charge in [0.1, 0.15) is 0 Å². The molecule has 1 aliphatic rings. The summed E-state index contributed by atoms with van der Waals surface area (Å²) >= 11 is 1.23. The molecule has 0 bridgehead atoms. The summed E-state index contributed by atoms with van der Waals surface area (Å²) in [5.74, 6) is 0.463. The molecule has 4 rings (SSSR count). The summed E-state index contributed by atoms with van der Waals surface area (Å²) in [6, 6.07) is 10.0. The summed E-state index contributed by atoms with van der Waals surface area (Å²) < 4.78 is 6.19. The van der Waals surface area contributed by atoms with Gasteiger partial charge in [0, 0.05) is 42.4 Å². The lowest BCUT2D eigenvalue weighted by molar-refractivity contribution is -0.117. The number of hydrogen-bond acceptors (Lipinski definition) is 7. The fraction of sp³-hybridized carbons (Fsp3) is 0.240. The summed E-state index contributed by atoms with van der Waals surface area (Å²) in [5, 5.41) is 8.61. The number of urea groups is 1. The maximum absolute atomic E-state index is 13.2. The van der Waals surface area contributed by atoms with E-state index in [0.717, 1.165) is 10.1 Å². The standard InChI is InChI=1S/C25H26N6O5S/c1-3-26-24(34)29-18-6-4-15(5-7-18)13-31-23(33)19-11-17(14-37-22(19)30-25(31)35)21(32)28-12-16-8-9-27-20(10-16)36-2/h4-11H,3,12-14H2,1-2H3,(H,28,32)(H,30,35)(H2,26,29,34). The molecule has 0 spiro atoms. The van der Waals surface area contributed by atoms with Crippen LogP contribution < -0.4 is 31.9 Å². The van der Waals surface area contributed by atoms with Crippen LogP contribution in [0.4, 0.5) is 10.5 Å². The Bertz CT molecular complexity index is 1460. The van der Waals surface area contributed by atoms with Gasteiger partial charge in [-0.15, -0.1) is 11.8 Å². The van der Waals surface area contributed by atoms with Gasteiger partial charge in [-0.25, -0.2) is 14.6 Å². The lowest BCUT2D eigenvalue weighted by Crippen LogP contribution is -2.38. The SMILES string of the molecule is CCNC(=O)Nc1ccc(Cn2c(=O)[nH]c3c(c2=O)C=C(C(=O)NCc2ccnc(OC)c2)CS3)cc1. The first-order chi connectivity index (χ1) is 17.9. The molecule has 0 aliphatic carbocycles. The quantitative estimate of drug-likeness (QED) is 0.331. The van der Waals surface area contributed by atoms with Gasteiger partial charge in [-0.3, -0.25) is 14.2 Å². The molecule has 1 aromatic carbocycles. The molecule has 1 aliphatic heterocycles. The maximum atomic E-state index is 13.2. The number of nitrogens with zero attached hydrogens (tertiary/aromatic N) is 2. The number of nitrogens with one attached hydrogen (secondary N) is 4. The molecule has 0 fully saturated rings. The number of ether oxygens (including phenoxy) is 1. The fourth-order valence-corrected chi connectivity index (χ4v) is 4.60. The fourth-order valence-electron chi connectivity index (χ4n) is 3.63. The van der Waals surface area contributed by atoms with Crippen LogP contribution in [0.5, 0.6) is 5.88 Å². The Hall–Kier alpha value is -4.32. The first-order valence-corrected chi connectivity index (χ1v) is 12.5. The average Bonchev–Trinajstić information content (AvgIpc) is 2.90. The third-order valence-corrected chi connectivity index (χ3v) is 6.59. The number of benzene rings is 1. The molecular weight excluding hydrogens is 496 g/mol. The van der Waals surface area contributed by atoms with Crippen LogP contribution in [0.2, 0.25) is 0 Å². The lowest BCUT2D eigenvalue weighted by Gasteiger charge is -2.17. The summed E-state index contributed by atoms with van der Waals surface area (Å²) in [4.78, 5) is 57.1. The Kier molecular flexibility index (Phi) is 8.08. The van der Waals surface area contributed by atoms with E-state index in [2.05, 4.69) is 25.9 Å². The summed E-state index contributed by atoms with van der Waals surface area (Å²) in [6.07, 6.45) is 3.13. The monoisotopic (exact) mass is 522 g/mol. The van der Waals surface area contributed by atoms with E-state index in [1.165, 1.54) is 24.9 Å². The van der Waals surface area contributed by atoms with E-state index >= 15 is 0 Å². The number of carbonyl (C=O) groups is 2. The molecule has 0 saturated heterocycles. The number of carbonyl (C=O) groups excluding carboxylic acids is 2. The van der Waals surface area contributed by atoms with E-state index < -0.39 is 11.2 Å². The molecule has 0 radical (unpaired) electrons. The number of aromatic amines is 1. The van der Waals surface area contributed by atoms with Crippen molar-refractivity contribution in [2.75, 3.05) is 24.7 Å². The molecule has 11 nitrogen and oxygen atoms in total. The Labute approximate surface area is 216 Å². The number of hydrogen-bond donors (Lipinski definition) is 4. The topological polar surface area (TPSA) is 147 Å². The van der Waals surface area contributed by atoms with Gasteiger partial charge in [-0.2, -0.15) is 0 Å². The number of aromatic nitrogens is 3. The van der Waals surface area contributed by atoms with Crippen LogP contribution in [0.15, 0.2) is 62.8 Å². The molecule has 192 valence electrons. The van der Waals surface area contributed by atoms with E-state index in [9.17, 15) is 19.2 Å². The molecule has 2 aromatic heterocycles. The van der Waals surface area contributed by atoms with Crippen molar-refractivity contribution in [3.63, 3.8) is 0 Å². The lowest BCUT2D eigenvalue weighted by atomic mass is 10.1. The second-order valence-corrected chi connectivity index (χ2v) is 9.08. The van der Waals surface area contributed by atoms with Gasteiger partial charge in [-0.1, -0.05) is 12.1 Å². The van der Waals surface area contributed by atoms with Crippen molar-refractivity contribution in [3.05, 3.63) is 85.7 Å². The van der Waals surface area contributed by atoms with E-state index in [0.29, 0.717) is 40.0 Å². The zero-order chi connectivity index (χ0) is 26.4. The maximum Gasteiger partial charge on any atom is 0.329 e. The minimum absolute atomic E-state index is 0.0345. The first kappa shape index (κ1) is 25.8. The first-order valence-electron chi connectivity index (χ1n) is 11.5. The van der Waals surface area contributed by atoms with Crippen LogP contribution in [0, 0.1) is 0 Å². The number of amides is 3. The van der Waals surface area contributed by atoms with Crippen molar-refractivity contribution in [3.8, 4) is 5.88 Å². The van der Waals surface area contributed by atoms with Crippen molar-refractivity contribution in [1.29, 1.82) is 0 Å². The zero-order valence-electron chi connectivity index (χ0n) is 20.3. The number of rotatable bonds is 8. The molecule has 0 saturated carbocycles. The normalized spacial score (nSPS) is 12.2. The van der Waals surface area contributed by atoms with Crippen LogP contribution in [-0.2, 0) is 17.9 Å². The molecule has 3 heterocycles. The number of methoxy groups -OCH3 is 1. The Morgan fingerprint density at radius 1 is 1.14 bits per heavy atom. The third kappa shape index (κ3) is 6.28. The largest absolute Gasteiger partial charge is 0.481 e. The van der Waals surface area contributed by atoms with Gasteiger partial charge in [0.15, 0.2) is 0 Å². The smallest absolute Gasteiger partial charge is 0.329 e.